The minimum atomic E-state index is 1.01. The van der Waals surface area contributed by atoms with E-state index in [1.807, 2.05) is 19.1 Å². The Kier molecular flexibility index (Phi) is 2.05. The van der Waals surface area contributed by atoms with Crippen LogP contribution in [0, 0.1) is 0 Å². The number of rotatable bonds is 2. The Balaban J connectivity index is 2.80. The van der Waals surface area contributed by atoms with Gasteiger partial charge in [-0.1, -0.05) is 12.7 Å². The summed E-state index contributed by atoms with van der Waals surface area (Å²) >= 11 is 0. The van der Waals surface area contributed by atoms with E-state index in [0.29, 0.717) is 0 Å². The van der Waals surface area contributed by atoms with Gasteiger partial charge in [0.05, 0.1) is 5.69 Å². The molecule has 0 amide bonds. The van der Waals surface area contributed by atoms with Crippen LogP contribution in [0.25, 0.3) is 6.08 Å². The van der Waals surface area contributed by atoms with Crippen molar-refractivity contribution in [3.05, 3.63) is 36.2 Å². The SMILES string of the molecule is C=C/C(C)=C\c1ccn[nH]1. The van der Waals surface area contributed by atoms with Crippen molar-refractivity contribution in [1.82, 2.24) is 10.2 Å². The van der Waals surface area contributed by atoms with Gasteiger partial charge in [-0.05, 0) is 24.6 Å². The molecule has 1 aromatic rings. The highest BCUT2D eigenvalue weighted by Gasteiger charge is 1.85. The molecular weight excluding hydrogens is 124 g/mol. The van der Waals surface area contributed by atoms with Gasteiger partial charge < -0.3 is 0 Å². The molecular formula is C8H10N2. The Bertz CT molecular complexity index is 232. The summed E-state index contributed by atoms with van der Waals surface area (Å²) in [6.07, 6.45) is 5.52. The van der Waals surface area contributed by atoms with Gasteiger partial charge in [0.1, 0.15) is 0 Å². The topological polar surface area (TPSA) is 28.7 Å². The molecule has 0 saturated heterocycles. The minimum Gasteiger partial charge on any atom is -0.278 e. The molecule has 0 spiro atoms. The van der Waals surface area contributed by atoms with Gasteiger partial charge in [0.2, 0.25) is 0 Å². The highest BCUT2D eigenvalue weighted by atomic mass is 15.1. The highest BCUT2D eigenvalue weighted by molar-refractivity contribution is 5.50. The van der Waals surface area contributed by atoms with E-state index in [9.17, 15) is 0 Å². The number of nitrogens with one attached hydrogen (secondary N) is 1. The summed E-state index contributed by atoms with van der Waals surface area (Å²) < 4.78 is 0. The number of allylic oxidation sites excluding steroid dienone is 2. The lowest BCUT2D eigenvalue weighted by atomic mass is 10.2. The lowest BCUT2D eigenvalue weighted by Crippen LogP contribution is -1.72. The number of aromatic nitrogens is 2. The summed E-state index contributed by atoms with van der Waals surface area (Å²) in [5.74, 6) is 0. The average Bonchev–Trinajstić information content (AvgIpc) is 2.40. The first-order chi connectivity index (χ1) is 4.83. The van der Waals surface area contributed by atoms with E-state index < -0.39 is 0 Å². The summed E-state index contributed by atoms with van der Waals surface area (Å²) in [4.78, 5) is 0. The first kappa shape index (κ1) is 6.81. The van der Waals surface area contributed by atoms with E-state index in [1.165, 1.54) is 0 Å². The largest absolute Gasteiger partial charge is 0.278 e. The molecule has 0 unspecified atom stereocenters. The molecule has 0 aliphatic rings. The third kappa shape index (κ3) is 1.58. The van der Waals surface area contributed by atoms with E-state index >= 15 is 0 Å². The molecule has 2 nitrogen and oxygen atoms in total. The van der Waals surface area contributed by atoms with E-state index in [4.69, 9.17) is 0 Å². The van der Waals surface area contributed by atoms with Crippen LogP contribution >= 0.6 is 0 Å². The van der Waals surface area contributed by atoms with Crippen LogP contribution in [0.1, 0.15) is 12.6 Å². The number of nitrogens with zero attached hydrogens (tertiary/aromatic N) is 1. The predicted octanol–water partition coefficient (Wildman–Crippen LogP) is 2.00. The van der Waals surface area contributed by atoms with Crippen molar-refractivity contribution in [3.8, 4) is 0 Å². The average molecular weight is 134 g/mol. The van der Waals surface area contributed by atoms with Gasteiger partial charge in [0, 0.05) is 6.20 Å². The molecule has 1 N–H and O–H groups in total. The van der Waals surface area contributed by atoms with Crippen molar-refractivity contribution in [2.45, 2.75) is 6.92 Å². The molecule has 2 heteroatoms. The Morgan fingerprint density at radius 1 is 1.80 bits per heavy atom. The maximum atomic E-state index is 3.81. The van der Waals surface area contributed by atoms with Gasteiger partial charge in [-0.3, -0.25) is 5.10 Å². The lowest BCUT2D eigenvalue weighted by molar-refractivity contribution is 1.08. The molecule has 10 heavy (non-hydrogen) atoms. The molecule has 0 aromatic carbocycles. The first-order valence-electron chi connectivity index (χ1n) is 3.13. The lowest BCUT2D eigenvalue weighted by Gasteiger charge is -1.86. The van der Waals surface area contributed by atoms with Gasteiger partial charge in [-0.2, -0.15) is 5.10 Å². The summed E-state index contributed by atoms with van der Waals surface area (Å²) in [7, 11) is 0. The van der Waals surface area contributed by atoms with E-state index in [-0.39, 0.29) is 0 Å². The number of hydrogen-bond donors (Lipinski definition) is 1. The molecule has 0 aliphatic carbocycles. The monoisotopic (exact) mass is 134 g/mol. The van der Waals surface area contributed by atoms with Crippen LogP contribution in [0.3, 0.4) is 0 Å². The predicted molar refractivity (Wildman–Crippen MR) is 42.4 cm³/mol. The third-order valence-electron chi connectivity index (χ3n) is 1.23. The second-order valence-electron chi connectivity index (χ2n) is 2.10. The normalized spacial score (nSPS) is 11.5. The fraction of sp³-hybridized carbons (Fsp3) is 0.125. The van der Waals surface area contributed by atoms with Gasteiger partial charge in [-0.25, -0.2) is 0 Å². The second kappa shape index (κ2) is 3.01. The van der Waals surface area contributed by atoms with Crippen LogP contribution in [0.2, 0.25) is 0 Å². The quantitative estimate of drug-likeness (QED) is 0.616. The van der Waals surface area contributed by atoms with E-state index in [2.05, 4.69) is 16.8 Å². The smallest absolute Gasteiger partial charge is 0.0580 e. The van der Waals surface area contributed by atoms with Crippen LogP contribution < -0.4 is 0 Å². The maximum Gasteiger partial charge on any atom is 0.0580 e. The van der Waals surface area contributed by atoms with Crippen molar-refractivity contribution < 1.29 is 0 Å². The fourth-order valence-corrected chi connectivity index (χ4v) is 0.651. The summed E-state index contributed by atoms with van der Waals surface area (Å²) in [6.45, 7) is 5.63. The standard InChI is InChI=1S/C8H10N2/c1-3-7(2)6-8-4-5-9-10-8/h3-6H,1H2,2H3,(H,9,10)/b7-6-. The molecule has 52 valence electrons. The molecule has 1 aromatic heterocycles. The number of H-pyrrole nitrogens is 1. The van der Waals surface area contributed by atoms with Crippen molar-refractivity contribution in [3.63, 3.8) is 0 Å². The van der Waals surface area contributed by atoms with E-state index in [0.717, 1.165) is 11.3 Å². The highest BCUT2D eigenvalue weighted by Crippen LogP contribution is 2.01. The Morgan fingerprint density at radius 2 is 2.60 bits per heavy atom. The molecule has 0 radical (unpaired) electrons. The minimum absolute atomic E-state index is 1.01. The Labute approximate surface area is 60.3 Å². The third-order valence-corrected chi connectivity index (χ3v) is 1.23. The first-order valence-corrected chi connectivity index (χ1v) is 3.13. The Morgan fingerprint density at radius 3 is 3.10 bits per heavy atom. The zero-order valence-electron chi connectivity index (χ0n) is 5.96. The Hall–Kier alpha value is -1.31. The molecule has 0 bridgehead atoms. The summed E-state index contributed by atoms with van der Waals surface area (Å²) in [6, 6.07) is 1.91. The summed E-state index contributed by atoms with van der Waals surface area (Å²) in [5.41, 5.74) is 2.14. The van der Waals surface area contributed by atoms with Crippen molar-refractivity contribution in [2.75, 3.05) is 0 Å². The molecule has 1 heterocycles. The molecule has 0 atom stereocenters. The number of hydrogen-bond acceptors (Lipinski definition) is 1. The zero-order valence-corrected chi connectivity index (χ0v) is 5.96. The van der Waals surface area contributed by atoms with Gasteiger partial charge in [0.25, 0.3) is 0 Å². The van der Waals surface area contributed by atoms with Crippen LogP contribution in [-0.4, -0.2) is 10.2 Å². The molecule has 0 saturated carbocycles. The zero-order chi connectivity index (χ0) is 7.40. The van der Waals surface area contributed by atoms with Crippen molar-refractivity contribution in [2.24, 2.45) is 0 Å². The van der Waals surface area contributed by atoms with Crippen LogP contribution in [0.4, 0.5) is 0 Å². The van der Waals surface area contributed by atoms with Gasteiger partial charge in [-0.15, -0.1) is 0 Å². The van der Waals surface area contributed by atoms with Gasteiger partial charge >= 0.3 is 0 Å². The van der Waals surface area contributed by atoms with Crippen LogP contribution in [0.5, 0.6) is 0 Å². The maximum absolute atomic E-state index is 3.81. The molecule has 0 aliphatic heterocycles. The van der Waals surface area contributed by atoms with Gasteiger partial charge in [0.15, 0.2) is 0 Å². The second-order valence-corrected chi connectivity index (χ2v) is 2.10. The fourth-order valence-electron chi connectivity index (χ4n) is 0.651. The molecule has 0 fully saturated rings. The number of aromatic amines is 1. The molecule has 1 rings (SSSR count). The summed E-state index contributed by atoms with van der Waals surface area (Å²) in [5, 5.41) is 6.63. The van der Waals surface area contributed by atoms with Crippen LogP contribution in [-0.2, 0) is 0 Å². The van der Waals surface area contributed by atoms with Crippen molar-refractivity contribution in [1.29, 1.82) is 0 Å². The van der Waals surface area contributed by atoms with Crippen molar-refractivity contribution >= 4 is 6.08 Å². The van der Waals surface area contributed by atoms with E-state index in [1.54, 1.807) is 12.3 Å². The van der Waals surface area contributed by atoms with Crippen LogP contribution in [0.15, 0.2) is 30.5 Å².